The standard InChI is InChI=1S/C18H23N3O2/c1-2-4-17(5-3-1)22-12-10-21-11-13-23-18(14-21)7-6-16-8-9-19-15-20-16/h1-5,8-9,15,18H,6-7,10-14H2/t18-/m1/s1. The Morgan fingerprint density at radius 2 is 2.13 bits per heavy atom. The highest BCUT2D eigenvalue weighted by Crippen LogP contribution is 2.12. The molecular weight excluding hydrogens is 290 g/mol. The highest BCUT2D eigenvalue weighted by molar-refractivity contribution is 5.20. The average Bonchev–Trinajstić information content (AvgIpc) is 2.62. The molecule has 0 amide bonds. The topological polar surface area (TPSA) is 47.5 Å². The van der Waals surface area contributed by atoms with E-state index in [0.717, 1.165) is 50.5 Å². The van der Waals surface area contributed by atoms with Crippen molar-refractivity contribution in [2.45, 2.75) is 18.9 Å². The lowest BCUT2D eigenvalue weighted by Crippen LogP contribution is -2.44. The lowest BCUT2D eigenvalue weighted by molar-refractivity contribution is -0.0346. The van der Waals surface area contributed by atoms with Crippen LogP contribution >= 0.6 is 0 Å². The summed E-state index contributed by atoms with van der Waals surface area (Å²) in [4.78, 5) is 10.6. The van der Waals surface area contributed by atoms with Gasteiger partial charge in [-0.2, -0.15) is 0 Å². The molecule has 5 heteroatoms. The quantitative estimate of drug-likeness (QED) is 0.784. The van der Waals surface area contributed by atoms with E-state index in [1.165, 1.54) is 0 Å². The normalized spacial score (nSPS) is 18.7. The van der Waals surface area contributed by atoms with Gasteiger partial charge >= 0.3 is 0 Å². The smallest absolute Gasteiger partial charge is 0.119 e. The minimum Gasteiger partial charge on any atom is -0.492 e. The molecule has 1 aliphatic rings. The van der Waals surface area contributed by atoms with E-state index >= 15 is 0 Å². The van der Waals surface area contributed by atoms with Crippen LogP contribution in [0.2, 0.25) is 0 Å². The molecule has 5 nitrogen and oxygen atoms in total. The van der Waals surface area contributed by atoms with Crippen LogP contribution in [0, 0.1) is 0 Å². The van der Waals surface area contributed by atoms with E-state index in [1.54, 1.807) is 12.5 Å². The second-order valence-electron chi connectivity index (χ2n) is 5.69. The summed E-state index contributed by atoms with van der Waals surface area (Å²) in [5.74, 6) is 0.932. The molecule has 3 rings (SSSR count). The van der Waals surface area contributed by atoms with Crippen molar-refractivity contribution in [3.63, 3.8) is 0 Å². The van der Waals surface area contributed by atoms with Crippen molar-refractivity contribution in [3.8, 4) is 5.75 Å². The van der Waals surface area contributed by atoms with E-state index in [4.69, 9.17) is 9.47 Å². The van der Waals surface area contributed by atoms with E-state index in [0.29, 0.717) is 6.61 Å². The van der Waals surface area contributed by atoms with Crippen LogP contribution in [0.4, 0.5) is 0 Å². The van der Waals surface area contributed by atoms with Gasteiger partial charge in [0.05, 0.1) is 12.7 Å². The van der Waals surface area contributed by atoms with Crippen molar-refractivity contribution in [1.82, 2.24) is 14.9 Å². The Balaban J connectivity index is 1.38. The van der Waals surface area contributed by atoms with Crippen LogP contribution in [0.3, 0.4) is 0 Å². The Morgan fingerprint density at radius 3 is 2.96 bits per heavy atom. The summed E-state index contributed by atoms with van der Waals surface area (Å²) in [6, 6.07) is 11.9. The second-order valence-corrected chi connectivity index (χ2v) is 5.69. The van der Waals surface area contributed by atoms with E-state index in [1.807, 2.05) is 36.4 Å². The largest absolute Gasteiger partial charge is 0.492 e. The van der Waals surface area contributed by atoms with Crippen LogP contribution < -0.4 is 4.74 Å². The van der Waals surface area contributed by atoms with Gasteiger partial charge < -0.3 is 9.47 Å². The number of morpholine rings is 1. The van der Waals surface area contributed by atoms with Crippen molar-refractivity contribution >= 4 is 0 Å². The first-order valence-electron chi connectivity index (χ1n) is 8.17. The highest BCUT2D eigenvalue weighted by Gasteiger charge is 2.20. The van der Waals surface area contributed by atoms with Crippen molar-refractivity contribution in [2.24, 2.45) is 0 Å². The van der Waals surface area contributed by atoms with Crippen LogP contribution in [-0.4, -0.2) is 53.8 Å². The molecule has 0 spiro atoms. The van der Waals surface area contributed by atoms with Gasteiger partial charge in [0, 0.05) is 31.5 Å². The first-order chi connectivity index (χ1) is 11.4. The minimum absolute atomic E-state index is 0.274. The predicted octanol–water partition coefficient (Wildman–Crippen LogP) is 2.19. The fourth-order valence-electron chi connectivity index (χ4n) is 2.74. The molecule has 2 heterocycles. The van der Waals surface area contributed by atoms with E-state index < -0.39 is 0 Å². The van der Waals surface area contributed by atoms with E-state index in [9.17, 15) is 0 Å². The van der Waals surface area contributed by atoms with Crippen molar-refractivity contribution in [2.75, 3.05) is 32.8 Å². The van der Waals surface area contributed by atoms with Gasteiger partial charge in [-0.25, -0.2) is 9.97 Å². The third-order valence-corrected chi connectivity index (χ3v) is 4.01. The number of rotatable bonds is 7. The molecule has 1 aromatic carbocycles. The lowest BCUT2D eigenvalue weighted by atomic mass is 10.1. The summed E-state index contributed by atoms with van der Waals surface area (Å²) < 4.78 is 11.6. The van der Waals surface area contributed by atoms with Crippen LogP contribution in [0.25, 0.3) is 0 Å². The SMILES string of the molecule is c1ccc(OCCN2CCO[C@H](CCc3ccncn3)C2)cc1. The van der Waals surface area contributed by atoms with Crippen molar-refractivity contribution in [1.29, 1.82) is 0 Å². The molecule has 2 aromatic rings. The van der Waals surface area contributed by atoms with Gasteiger partial charge in [0.1, 0.15) is 18.7 Å². The summed E-state index contributed by atoms with van der Waals surface area (Å²) in [5.41, 5.74) is 1.08. The summed E-state index contributed by atoms with van der Waals surface area (Å²) in [6.45, 7) is 4.37. The van der Waals surface area contributed by atoms with Crippen LogP contribution in [-0.2, 0) is 11.2 Å². The highest BCUT2D eigenvalue weighted by atomic mass is 16.5. The van der Waals surface area contributed by atoms with Gasteiger partial charge in [-0.15, -0.1) is 0 Å². The maximum Gasteiger partial charge on any atom is 0.119 e. The predicted molar refractivity (Wildman–Crippen MR) is 88.5 cm³/mol. The molecule has 0 N–H and O–H groups in total. The summed E-state index contributed by atoms with van der Waals surface area (Å²) in [7, 11) is 0. The number of ether oxygens (including phenoxy) is 2. The molecule has 0 saturated carbocycles. The molecule has 1 atom stereocenters. The number of aryl methyl sites for hydroxylation is 1. The average molecular weight is 313 g/mol. The fourth-order valence-corrected chi connectivity index (χ4v) is 2.74. The molecular formula is C18H23N3O2. The zero-order valence-corrected chi connectivity index (χ0v) is 13.3. The fraction of sp³-hybridized carbons (Fsp3) is 0.444. The van der Waals surface area contributed by atoms with Gasteiger partial charge in [0.2, 0.25) is 0 Å². The molecule has 0 aliphatic carbocycles. The molecule has 1 fully saturated rings. The van der Waals surface area contributed by atoms with Gasteiger partial charge in [-0.3, -0.25) is 4.90 Å². The zero-order chi connectivity index (χ0) is 15.7. The first kappa shape index (κ1) is 15.9. The van der Waals surface area contributed by atoms with E-state index in [-0.39, 0.29) is 6.10 Å². The Kier molecular flexibility index (Phi) is 5.94. The number of para-hydroxylation sites is 1. The number of hydrogen-bond acceptors (Lipinski definition) is 5. The Bertz CT molecular complexity index is 565. The molecule has 0 unspecified atom stereocenters. The molecule has 0 bridgehead atoms. The van der Waals surface area contributed by atoms with Gasteiger partial charge in [0.15, 0.2) is 0 Å². The monoisotopic (exact) mass is 313 g/mol. The molecule has 1 saturated heterocycles. The number of nitrogens with zero attached hydrogens (tertiary/aromatic N) is 3. The Hall–Kier alpha value is -1.98. The summed E-state index contributed by atoms with van der Waals surface area (Å²) in [5, 5.41) is 0. The maximum atomic E-state index is 5.87. The van der Waals surface area contributed by atoms with Crippen LogP contribution in [0.1, 0.15) is 12.1 Å². The molecule has 1 aromatic heterocycles. The third-order valence-electron chi connectivity index (χ3n) is 4.01. The minimum atomic E-state index is 0.274. The maximum absolute atomic E-state index is 5.87. The van der Waals surface area contributed by atoms with Crippen LogP contribution in [0.5, 0.6) is 5.75 Å². The lowest BCUT2D eigenvalue weighted by Gasteiger charge is -2.32. The third kappa shape index (κ3) is 5.30. The first-order valence-corrected chi connectivity index (χ1v) is 8.17. The van der Waals surface area contributed by atoms with Gasteiger partial charge in [-0.05, 0) is 31.0 Å². The molecule has 0 radical (unpaired) electrons. The second kappa shape index (κ2) is 8.60. The number of benzene rings is 1. The van der Waals surface area contributed by atoms with Crippen molar-refractivity contribution < 1.29 is 9.47 Å². The van der Waals surface area contributed by atoms with Gasteiger partial charge in [-0.1, -0.05) is 18.2 Å². The zero-order valence-electron chi connectivity index (χ0n) is 13.3. The summed E-state index contributed by atoms with van der Waals surface area (Å²) in [6.07, 6.45) is 5.59. The van der Waals surface area contributed by atoms with Gasteiger partial charge in [0.25, 0.3) is 0 Å². The molecule has 23 heavy (non-hydrogen) atoms. The molecule has 122 valence electrons. The van der Waals surface area contributed by atoms with Crippen LogP contribution in [0.15, 0.2) is 48.9 Å². The summed E-state index contributed by atoms with van der Waals surface area (Å²) >= 11 is 0. The molecule has 1 aliphatic heterocycles. The number of hydrogen-bond donors (Lipinski definition) is 0. The van der Waals surface area contributed by atoms with Crippen molar-refractivity contribution in [3.05, 3.63) is 54.6 Å². The van der Waals surface area contributed by atoms with E-state index in [2.05, 4.69) is 14.9 Å². The Labute approximate surface area is 137 Å². The number of aromatic nitrogens is 2. The Morgan fingerprint density at radius 1 is 1.22 bits per heavy atom.